The Bertz CT molecular complexity index is 3200. The van der Waals surface area contributed by atoms with Gasteiger partial charge in [-0.25, -0.2) is 4.79 Å². The van der Waals surface area contributed by atoms with E-state index in [9.17, 15) is 39.0 Å². The van der Waals surface area contributed by atoms with Gasteiger partial charge in [0.15, 0.2) is 44.0 Å². The van der Waals surface area contributed by atoms with Gasteiger partial charge in [-0.3, -0.25) is 52.3 Å². The molecule has 5 N–H and O–H groups in total. The van der Waals surface area contributed by atoms with E-state index in [0.29, 0.717) is 0 Å². The van der Waals surface area contributed by atoms with E-state index in [2.05, 4.69) is 68.8 Å². The molecule has 0 aromatic carbocycles. The third-order valence-corrected chi connectivity index (χ3v) is 17.7. The number of hydrogen-bond donors (Lipinski definition) is 5. The Morgan fingerprint density at radius 2 is 1.19 bits per heavy atom. The minimum Gasteiger partial charge on any atom is -0.535 e. The van der Waals surface area contributed by atoms with Crippen LogP contribution in [0.4, 0.5) is 0 Å². The first kappa shape index (κ1) is 73.8. The van der Waals surface area contributed by atoms with Crippen molar-refractivity contribution in [3.05, 3.63) is 78.3 Å². The van der Waals surface area contributed by atoms with Crippen LogP contribution in [0.3, 0.4) is 0 Å². The maximum Gasteiger partial charge on any atom is 0.330 e. The van der Waals surface area contributed by atoms with Crippen LogP contribution in [0.25, 0.3) is 0 Å². The molecule has 0 saturated carbocycles. The zero-order valence-electron chi connectivity index (χ0n) is 55.5. The fourth-order valence-electron chi connectivity index (χ4n) is 10.7. The molecular formula is C60H99N9O18Si2. The van der Waals surface area contributed by atoms with Crippen molar-refractivity contribution in [1.29, 1.82) is 0 Å². The highest BCUT2D eigenvalue weighted by molar-refractivity contribution is 6.76. The van der Waals surface area contributed by atoms with Crippen LogP contribution in [0.1, 0.15) is 134 Å². The number of ether oxygens (including phenoxy) is 7. The zero-order valence-corrected chi connectivity index (χ0v) is 57.5. The molecule has 0 amide bonds. The number of aliphatic hydroxyl groups excluding tert-OH is 3. The number of rotatable bonds is 8. The van der Waals surface area contributed by atoms with Crippen LogP contribution >= 0.6 is 0 Å². The van der Waals surface area contributed by atoms with Crippen molar-refractivity contribution in [2.24, 2.45) is 32.3 Å². The van der Waals surface area contributed by atoms with Crippen LogP contribution in [-0.4, -0.2) is 182 Å². The fraction of sp³-hybridized carbons (Fsp3) is 0.733. The first-order valence-corrected chi connectivity index (χ1v) is 37.2. The first-order valence-electron chi connectivity index (χ1n) is 30.4. The second-order valence-electron chi connectivity index (χ2n) is 27.7. The summed E-state index contributed by atoms with van der Waals surface area (Å²) in [5.74, 6) is 1.22. The van der Waals surface area contributed by atoms with Gasteiger partial charge in [0, 0.05) is 88.7 Å². The largest absolute Gasteiger partial charge is 0.535 e. The summed E-state index contributed by atoms with van der Waals surface area (Å²) in [5, 5.41) is 36.9. The second-order valence-corrected chi connectivity index (χ2v) is 36.7. The lowest BCUT2D eigenvalue weighted by atomic mass is 9.88. The summed E-state index contributed by atoms with van der Waals surface area (Å²) in [6, 6.07) is 4.24. The fourth-order valence-corrected chi connectivity index (χ4v) is 12.7. The summed E-state index contributed by atoms with van der Waals surface area (Å²) in [4.78, 5) is 86.2. The number of aliphatic hydroxyl groups is 4. The van der Waals surface area contributed by atoms with Gasteiger partial charge in [0.05, 0.1) is 29.4 Å². The Balaban J connectivity index is 0.000000207. The number of nitrogens with one attached hydrogen (secondary N) is 1. The lowest BCUT2D eigenvalue weighted by Crippen LogP contribution is -2.45. The van der Waals surface area contributed by atoms with Crippen molar-refractivity contribution in [3.8, 4) is 12.0 Å². The molecule has 7 aliphatic heterocycles. The number of aromatic amines is 1. The Kier molecular flexibility index (Phi) is 24.5. The third-order valence-electron chi connectivity index (χ3n) is 15.8. The van der Waals surface area contributed by atoms with Crippen molar-refractivity contribution < 1.29 is 67.6 Å². The van der Waals surface area contributed by atoms with Crippen molar-refractivity contribution in [3.63, 3.8) is 0 Å². The maximum absolute atomic E-state index is 12.0. The van der Waals surface area contributed by atoms with Gasteiger partial charge < -0.3 is 62.9 Å². The van der Waals surface area contributed by atoms with E-state index in [1.54, 1.807) is 56.9 Å². The molecule has 10 heterocycles. The van der Waals surface area contributed by atoms with Crippen LogP contribution in [0.2, 0.25) is 39.3 Å². The van der Waals surface area contributed by atoms with Gasteiger partial charge in [0.2, 0.25) is 8.32 Å². The number of aliphatic imine (C=N–C) groups is 1. The second kappa shape index (κ2) is 29.6. The van der Waals surface area contributed by atoms with Crippen LogP contribution in [0.15, 0.2) is 65.6 Å². The first-order chi connectivity index (χ1) is 41.2. The minimum absolute atomic E-state index is 0.0258. The molecule has 0 aliphatic carbocycles. The third kappa shape index (κ3) is 18.6. The smallest absolute Gasteiger partial charge is 0.330 e. The van der Waals surface area contributed by atoms with Crippen molar-refractivity contribution in [2.75, 3.05) is 46.6 Å². The highest BCUT2D eigenvalue weighted by Crippen LogP contribution is 2.50. The molecule has 0 unspecified atom stereocenters. The highest BCUT2D eigenvalue weighted by Gasteiger charge is 2.61. The van der Waals surface area contributed by atoms with Gasteiger partial charge in [-0.05, 0) is 121 Å². The molecule has 500 valence electrons. The number of nitrogens with zero attached hydrogens (tertiary/aromatic N) is 8. The molecule has 4 fully saturated rings. The van der Waals surface area contributed by atoms with Gasteiger partial charge in [-0.1, -0.05) is 20.3 Å². The predicted octanol–water partition coefficient (Wildman–Crippen LogP) is 4.94. The number of hydrogen-bond acceptors (Lipinski definition) is 23. The summed E-state index contributed by atoms with van der Waals surface area (Å²) >= 11 is 0. The molecule has 89 heavy (non-hydrogen) atoms. The number of fused-ring (bicyclic) bond motifs is 7. The summed E-state index contributed by atoms with van der Waals surface area (Å²) < 4.78 is 54.1. The van der Waals surface area contributed by atoms with Crippen LogP contribution in [0, 0.1) is 22.7 Å². The average molecular weight is 1290 g/mol. The SMILES string of the molecule is C1CCC2=NCCCN2CC1.CC(=N[Si](C)(C)C)O[Si](C)(C)C.CO.C[C@@H]1[C@@H](COC(=O)C(C)(C)C)O[C@@H](n2ccc(=O)[nH]c2=O)[C@@]1(C)O.C[C@@H]1[C@@H](COC(=O)C(C)(C)C)O[C@H]2n3ccc(=O)nc3O[C@@]12C.C[C@@]12Oc3nc(=O)ccn3[C@@H]1O[C@H](CO)[C@H]2O. The lowest BCUT2D eigenvalue weighted by Gasteiger charge is -2.28. The van der Waals surface area contributed by atoms with Crippen molar-refractivity contribution >= 4 is 40.2 Å². The Morgan fingerprint density at radius 3 is 1.70 bits per heavy atom. The molecule has 4 saturated heterocycles. The van der Waals surface area contributed by atoms with Crippen LogP contribution in [-0.2, 0) is 37.7 Å². The molecule has 27 nitrogen and oxygen atoms in total. The predicted molar refractivity (Wildman–Crippen MR) is 337 cm³/mol. The molecule has 29 heteroatoms. The molecule has 3 aromatic rings. The van der Waals surface area contributed by atoms with Crippen molar-refractivity contribution in [2.45, 2.75) is 214 Å². The van der Waals surface area contributed by atoms with E-state index in [-0.39, 0.29) is 67.6 Å². The molecule has 3 aromatic heterocycles. The molecule has 7 aliphatic rings. The van der Waals surface area contributed by atoms with E-state index in [1.807, 2.05) is 41.5 Å². The van der Waals surface area contributed by atoms with E-state index in [4.69, 9.17) is 47.8 Å². The summed E-state index contributed by atoms with van der Waals surface area (Å²) in [7, 11) is -1.76. The molecule has 0 spiro atoms. The van der Waals surface area contributed by atoms with Crippen molar-refractivity contribution in [1.82, 2.24) is 33.6 Å². The Labute approximate surface area is 523 Å². The van der Waals surface area contributed by atoms with E-state index < -0.39 is 97.7 Å². The number of amidine groups is 1. The Morgan fingerprint density at radius 1 is 0.708 bits per heavy atom. The number of esters is 2. The van der Waals surface area contributed by atoms with E-state index in [0.717, 1.165) is 24.1 Å². The van der Waals surface area contributed by atoms with E-state index >= 15 is 0 Å². The highest BCUT2D eigenvalue weighted by atomic mass is 28.4. The quantitative estimate of drug-likeness (QED) is 0.0863. The number of aromatic nitrogens is 6. The molecule has 10 rings (SSSR count). The van der Waals surface area contributed by atoms with Gasteiger partial charge in [-0.15, -0.1) is 0 Å². The van der Waals surface area contributed by atoms with Gasteiger partial charge in [-0.2, -0.15) is 9.97 Å². The van der Waals surface area contributed by atoms with Crippen LogP contribution in [0.5, 0.6) is 12.0 Å². The number of H-pyrrole nitrogens is 1. The monoisotopic (exact) mass is 1290 g/mol. The minimum atomic E-state index is -1.43. The topological polar surface area (TPSA) is 341 Å². The summed E-state index contributed by atoms with van der Waals surface area (Å²) in [6.07, 6.45) is 6.55. The van der Waals surface area contributed by atoms with Crippen LogP contribution < -0.4 is 31.8 Å². The zero-order chi connectivity index (χ0) is 67.0. The van der Waals surface area contributed by atoms with E-state index in [1.165, 1.54) is 81.6 Å². The molecular weight excluding hydrogens is 1190 g/mol. The molecule has 12 atom stereocenters. The standard InChI is InChI=1S/C16H24N2O6.C16H22N2O5.C10H12N2O5.C9H16N2.C8H21NOSi2.CH4O/c1-9-10(8-23-13(20)15(2,3)4)24-12(16(9,5)22)18-7-6-11(19)17-14(18)21;1-9-10(8-21-13(20)15(2,3)4)22-12-16(9,5)23-14-17-11(19)6-7-18(12)14;1-10-7(15)5(4-13)16-8(10)12-3-2-6(14)11-9(12)17-10;1-2-5-9-10-6-4-8-11(9)7-3-1;1-8(9-11(2,3)4)10-12(5,6)7;1-2/h6-7,9-10,12,22H,8H2,1-5H3,(H,17,19,21);6-7,9-10,12H,8H2,1-5H3;2-3,5,7-8,13,15H,4H2,1H3;1-8H2;1-7H3;2H,1H3/t2*9-,10-,12-,16+;5-,7-,8-,10+;;;/m111.../s1. The van der Waals surface area contributed by atoms with Gasteiger partial charge in [0.25, 0.3) is 16.7 Å². The number of carbonyl (C=O) groups is 2. The normalized spacial score (nSPS) is 29.1. The Hall–Kier alpha value is -5.93. The molecule has 0 bridgehead atoms. The maximum atomic E-state index is 12.0. The number of carbonyl (C=O) groups excluding carboxylic acids is 2. The van der Waals surface area contributed by atoms with Gasteiger partial charge >= 0.3 is 29.6 Å². The van der Waals surface area contributed by atoms with Gasteiger partial charge in [0.1, 0.15) is 37.1 Å². The lowest BCUT2D eigenvalue weighted by molar-refractivity contribution is -0.159. The summed E-state index contributed by atoms with van der Waals surface area (Å²) in [5.41, 5.74) is -6.19. The average Bonchev–Trinajstić information content (AvgIpc) is 1.71. The summed E-state index contributed by atoms with van der Waals surface area (Å²) in [6.45, 7) is 38.1. The molecule has 0 radical (unpaired) electrons.